The monoisotopic (exact) mass is 425 g/mol. The van der Waals surface area contributed by atoms with E-state index >= 15 is 0 Å². The first kappa shape index (κ1) is 17.9. The van der Waals surface area contributed by atoms with Crippen molar-refractivity contribution in [3.8, 4) is 0 Å². The average molecular weight is 426 g/mol. The van der Waals surface area contributed by atoms with Crippen molar-refractivity contribution in [2.75, 3.05) is 11.4 Å². The van der Waals surface area contributed by atoms with E-state index in [-0.39, 0.29) is 23.7 Å². The highest BCUT2D eigenvalue weighted by Crippen LogP contribution is 2.35. The molecule has 5 nitrogen and oxygen atoms in total. The highest BCUT2D eigenvalue weighted by molar-refractivity contribution is 9.10. The maximum Gasteiger partial charge on any atom is 0.227 e. The molecule has 1 aliphatic rings. The largest absolute Gasteiger partial charge is 0.317 e. The second kappa shape index (κ2) is 6.93. The van der Waals surface area contributed by atoms with E-state index in [9.17, 15) is 9.59 Å². The Hall–Kier alpha value is -2.47. The van der Waals surface area contributed by atoms with E-state index in [1.807, 2.05) is 60.0 Å². The van der Waals surface area contributed by atoms with Gasteiger partial charge in [0, 0.05) is 29.0 Å². The maximum absolute atomic E-state index is 12.7. The molecule has 1 saturated heterocycles. The first-order valence-corrected chi connectivity index (χ1v) is 9.78. The van der Waals surface area contributed by atoms with Gasteiger partial charge in [0.1, 0.15) is 5.82 Å². The summed E-state index contributed by atoms with van der Waals surface area (Å²) in [5.74, 6) is 0.923. The van der Waals surface area contributed by atoms with Crippen molar-refractivity contribution in [1.82, 2.24) is 9.55 Å². The lowest BCUT2D eigenvalue weighted by Gasteiger charge is -2.19. The van der Waals surface area contributed by atoms with Crippen LogP contribution in [0.3, 0.4) is 0 Å². The Balaban J connectivity index is 1.74. The molecule has 2 heterocycles. The molecule has 0 bridgehead atoms. The van der Waals surface area contributed by atoms with Crippen LogP contribution in [-0.4, -0.2) is 27.8 Å². The summed E-state index contributed by atoms with van der Waals surface area (Å²) < 4.78 is 2.98. The van der Waals surface area contributed by atoms with E-state index in [0.29, 0.717) is 13.0 Å². The molecule has 1 aromatic heterocycles. The van der Waals surface area contributed by atoms with Crippen LogP contribution in [0.15, 0.2) is 53.0 Å². The molecule has 0 N–H and O–H groups in total. The Morgan fingerprint density at radius 3 is 2.59 bits per heavy atom. The van der Waals surface area contributed by atoms with E-state index in [1.165, 1.54) is 0 Å². The smallest absolute Gasteiger partial charge is 0.227 e. The van der Waals surface area contributed by atoms with E-state index in [1.54, 1.807) is 11.8 Å². The lowest BCUT2D eigenvalue weighted by molar-refractivity contribution is -0.119. The van der Waals surface area contributed by atoms with Crippen LogP contribution in [0, 0.1) is 0 Å². The number of Topliss-reactive ketones (excluding diaryl/α,β-unsaturated/α-hetero) is 1. The van der Waals surface area contributed by atoms with Crippen LogP contribution in [-0.2, 0) is 9.59 Å². The van der Waals surface area contributed by atoms with Gasteiger partial charge in [-0.2, -0.15) is 0 Å². The van der Waals surface area contributed by atoms with Crippen LogP contribution in [0.25, 0.3) is 11.0 Å². The Bertz CT molecular complexity index is 1030. The quantitative estimate of drug-likeness (QED) is 0.619. The number of hydrogen-bond acceptors (Lipinski definition) is 3. The predicted octanol–water partition coefficient (Wildman–Crippen LogP) is 4.47. The zero-order valence-electron chi connectivity index (χ0n) is 15.2. The summed E-state index contributed by atoms with van der Waals surface area (Å²) in [7, 11) is 0. The highest BCUT2D eigenvalue weighted by Gasteiger charge is 2.35. The third-order valence-corrected chi connectivity index (χ3v) is 5.76. The van der Waals surface area contributed by atoms with Crippen LogP contribution < -0.4 is 4.90 Å². The number of imidazole rings is 1. The number of benzene rings is 2. The molecule has 2 aromatic carbocycles. The molecule has 6 heteroatoms. The molecule has 1 aliphatic heterocycles. The number of para-hydroxylation sites is 2. The number of halogens is 1. The van der Waals surface area contributed by atoms with E-state index in [4.69, 9.17) is 4.98 Å². The van der Waals surface area contributed by atoms with Crippen molar-refractivity contribution in [3.05, 3.63) is 58.8 Å². The average Bonchev–Trinajstić information content (AvgIpc) is 3.22. The summed E-state index contributed by atoms with van der Waals surface area (Å²) in [6, 6.07) is 15.2. The molecule has 2 unspecified atom stereocenters. The molecule has 4 rings (SSSR count). The second-order valence-corrected chi connectivity index (χ2v) is 7.91. The summed E-state index contributed by atoms with van der Waals surface area (Å²) in [5.41, 5.74) is 2.67. The number of carbonyl (C=O) groups excluding carboxylic acids is 2. The molecular weight excluding hydrogens is 406 g/mol. The van der Waals surface area contributed by atoms with Gasteiger partial charge in [-0.25, -0.2) is 4.98 Å². The van der Waals surface area contributed by atoms with E-state index in [2.05, 4.69) is 15.9 Å². The Morgan fingerprint density at radius 2 is 1.89 bits per heavy atom. The molecule has 0 aliphatic carbocycles. The number of aromatic nitrogens is 2. The predicted molar refractivity (Wildman–Crippen MR) is 109 cm³/mol. The lowest BCUT2D eigenvalue weighted by Crippen LogP contribution is -2.25. The van der Waals surface area contributed by atoms with Gasteiger partial charge in [0.05, 0.1) is 17.1 Å². The van der Waals surface area contributed by atoms with Crippen molar-refractivity contribution < 1.29 is 9.59 Å². The van der Waals surface area contributed by atoms with Crippen molar-refractivity contribution >= 4 is 44.3 Å². The second-order valence-electron chi connectivity index (χ2n) is 7.00. The number of amides is 1. The number of carbonyl (C=O) groups is 2. The van der Waals surface area contributed by atoms with Gasteiger partial charge in [-0.15, -0.1) is 0 Å². The van der Waals surface area contributed by atoms with Crippen molar-refractivity contribution in [2.24, 2.45) is 0 Å². The van der Waals surface area contributed by atoms with Gasteiger partial charge in [-0.3, -0.25) is 9.59 Å². The molecule has 0 saturated carbocycles. The van der Waals surface area contributed by atoms with Gasteiger partial charge in [0.15, 0.2) is 5.78 Å². The summed E-state index contributed by atoms with van der Waals surface area (Å²) in [5, 5.41) is 0. The molecule has 3 aromatic rings. The number of nitrogens with zero attached hydrogens (tertiary/aromatic N) is 3. The summed E-state index contributed by atoms with van der Waals surface area (Å²) in [4.78, 5) is 31.4. The topological polar surface area (TPSA) is 55.2 Å². The van der Waals surface area contributed by atoms with Crippen molar-refractivity contribution in [1.29, 1.82) is 0 Å². The van der Waals surface area contributed by atoms with Gasteiger partial charge in [0.25, 0.3) is 0 Å². The minimum Gasteiger partial charge on any atom is -0.317 e. The third kappa shape index (κ3) is 3.18. The summed E-state index contributed by atoms with van der Waals surface area (Å²) in [6.07, 6.45) is 0.393. The van der Waals surface area contributed by atoms with Gasteiger partial charge in [-0.1, -0.05) is 28.1 Å². The fourth-order valence-electron chi connectivity index (χ4n) is 3.69. The fourth-order valence-corrected chi connectivity index (χ4v) is 3.96. The number of ketones is 1. The Labute approximate surface area is 166 Å². The molecule has 138 valence electrons. The SMILES string of the molecule is CC(=O)C(C)n1c(C2CC(=O)N(c3ccc(Br)cc3)C2)nc2ccccc21. The molecule has 27 heavy (non-hydrogen) atoms. The number of anilines is 1. The van der Waals surface area contributed by atoms with Crippen LogP contribution in [0.4, 0.5) is 5.69 Å². The van der Waals surface area contributed by atoms with Gasteiger partial charge in [0.2, 0.25) is 5.91 Å². The number of rotatable bonds is 4. The van der Waals surface area contributed by atoms with E-state index < -0.39 is 0 Å². The van der Waals surface area contributed by atoms with Gasteiger partial charge < -0.3 is 9.47 Å². The van der Waals surface area contributed by atoms with Crippen LogP contribution in [0.5, 0.6) is 0 Å². The highest BCUT2D eigenvalue weighted by atomic mass is 79.9. The van der Waals surface area contributed by atoms with E-state index in [0.717, 1.165) is 27.0 Å². The normalized spacial score (nSPS) is 18.3. The lowest BCUT2D eigenvalue weighted by atomic mass is 10.1. The minimum atomic E-state index is -0.316. The molecule has 1 fully saturated rings. The number of hydrogen-bond donors (Lipinski definition) is 0. The molecule has 0 spiro atoms. The minimum absolute atomic E-state index is 0.0460. The van der Waals surface area contributed by atoms with Crippen molar-refractivity contribution in [2.45, 2.75) is 32.2 Å². The molecule has 0 radical (unpaired) electrons. The summed E-state index contributed by atoms with van der Waals surface area (Å²) in [6.45, 7) is 4.05. The summed E-state index contributed by atoms with van der Waals surface area (Å²) >= 11 is 3.43. The van der Waals surface area contributed by atoms with Crippen LogP contribution in [0.2, 0.25) is 0 Å². The fraction of sp³-hybridized carbons (Fsp3) is 0.286. The molecule has 2 atom stereocenters. The Kier molecular flexibility index (Phi) is 4.60. The van der Waals surface area contributed by atoms with Crippen LogP contribution in [0.1, 0.15) is 38.1 Å². The first-order chi connectivity index (χ1) is 13.0. The maximum atomic E-state index is 12.7. The van der Waals surface area contributed by atoms with Crippen LogP contribution >= 0.6 is 15.9 Å². The first-order valence-electron chi connectivity index (χ1n) is 8.99. The molecule has 1 amide bonds. The zero-order valence-corrected chi connectivity index (χ0v) is 16.8. The van der Waals surface area contributed by atoms with Gasteiger partial charge >= 0.3 is 0 Å². The molecular formula is C21H20BrN3O2. The van der Waals surface area contributed by atoms with Gasteiger partial charge in [-0.05, 0) is 50.2 Å². The standard InChI is InChI=1S/C21H20BrN3O2/c1-13(14(2)26)25-19-6-4-3-5-18(19)23-21(25)15-11-20(27)24(12-15)17-9-7-16(22)8-10-17/h3-10,13,15H,11-12H2,1-2H3. The van der Waals surface area contributed by atoms with Crippen molar-refractivity contribution in [3.63, 3.8) is 0 Å². The third-order valence-electron chi connectivity index (χ3n) is 5.23. The number of fused-ring (bicyclic) bond motifs is 1. The Morgan fingerprint density at radius 1 is 1.19 bits per heavy atom. The zero-order chi connectivity index (χ0) is 19.1.